The largest absolute Gasteiger partial charge is 0.397 e. The Morgan fingerprint density at radius 1 is 1.44 bits per heavy atom. The summed E-state index contributed by atoms with van der Waals surface area (Å²) in [4.78, 5) is 2.43. The fourth-order valence-corrected chi connectivity index (χ4v) is 2.47. The maximum Gasteiger partial charge on any atom is 0.0603 e. The first-order chi connectivity index (χ1) is 7.58. The van der Waals surface area contributed by atoms with Crippen LogP contribution in [-0.4, -0.2) is 12.6 Å². The van der Waals surface area contributed by atoms with Gasteiger partial charge in [-0.2, -0.15) is 0 Å². The van der Waals surface area contributed by atoms with Gasteiger partial charge in [-0.25, -0.2) is 0 Å². The van der Waals surface area contributed by atoms with Crippen molar-refractivity contribution in [1.82, 2.24) is 0 Å². The molecular weight excluding hydrogens is 311 g/mol. The Labute approximate surface area is 111 Å². The van der Waals surface area contributed by atoms with Gasteiger partial charge in [0, 0.05) is 16.2 Å². The molecule has 88 valence electrons. The smallest absolute Gasteiger partial charge is 0.0603 e. The summed E-state index contributed by atoms with van der Waals surface area (Å²) in [5.74, 6) is 0.890. The van der Waals surface area contributed by atoms with Crippen LogP contribution >= 0.6 is 22.6 Å². The van der Waals surface area contributed by atoms with Crippen LogP contribution in [0, 0.1) is 9.49 Å². The highest BCUT2D eigenvalue weighted by atomic mass is 127. The van der Waals surface area contributed by atoms with Crippen molar-refractivity contribution < 1.29 is 0 Å². The van der Waals surface area contributed by atoms with E-state index in [0.29, 0.717) is 6.04 Å². The molecule has 0 atom stereocenters. The highest BCUT2D eigenvalue weighted by Crippen LogP contribution is 2.34. The number of halogens is 1. The summed E-state index contributed by atoms with van der Waals surface area (Å²) in [6.07, 6.45) is 2.76. The lowest BCUT2D eigenvalue weighted by molar-refractivity contribution is 0.645. The SMILES string of the molecule is CC(C)N(CC1CC1)c1ccc(I)cc1N. The molecule has 0 amide bonds. The lowest BCUT2D eigenvalue weighted by Gasteiger charge is -2.30. The lowest BCUT2D eigenvalue weighted by atomic mass is 10.2. The Balaban J connectivity index is 2.22. The van der Waals surface area contributed by atoms with Gasteiger partial charge in [-0.05, 0) is 73.4 Å². The molecule has 2 rings (SSSR count). The van der Waals surface area contributed by atoms with Gasteiger partial charge in [0.25, 0.3) is 0 Å². The van der Waals surface area contributed by atoms with E-state index in [1.54, 1.807) is 0 Å². The summed E-state index contributed by atoms with van der Waals surface area (Å²) in [7, 11) is 0. The summed E-state index contributed by atoms with van der Waals surface area (Å²) >= 11 is 2.30. The van der Waals surface area contributed by atoms with Crippen LogP contribution in [0.25, 0.3) is 0 Å². The molecule has 1 aromatic rings. The molecular formula is C13H19IN2. The Hall–Kier alpha value is -0.450. The van der Waals surface area contributed by atoms with Gasteiger partial charge >= 0.3 is 0 Å². The highest BCUT2D eigenvalue weighted by Gasteiger charge is 2.26. The first kappa shape index (κ1) is 12.0. The maximum atomic E-state index is 6.11. The van der Waals surface area contributed by atoms with E-state index < -0.39 is 0 Å². The van der Waals surface area contributed by atoms with Gasteiger partial charge in [-0.3, -0.25) is 0 Å². The number of nitrogens with zero attached hydrogens (tertiary/aromatic N) is 1. The predicted molar refractivity (Wildman–Crippen MR) is 78.8 cm³/mol. The highest BCUT2D eigenvalue weighted by molar-refractivity contribution is 14.1. The molecule has 0 saturated heterocycles. The van der Waals surface area contributed by atoms with Crippen molar-refractivity contribution in [1.29, 1.82) is 0 Å². The second-order valence-corrected chi connectivity index (χ2v) is 6.14. The normalized spacial score (nSPS) is 15.5. The molecule has 2 N–H and O–H groups in total. The van der Waals surface area contributed by atoms with Crippen LogP contribution in [0.1, 0.15) is 26.7 Å². The van der Waals surface area contributed by atoms with Crippen molar-refractivity contribution in [2.75, 3.05) is 17.2 Å². The van der Waals surface area contributed by atoms with Gasteiger partial charge in [0.1, 0.15) is 0 Å². The standard InChI is InChI=1S/C13H19IN2/c1-9(2)16(8-10-3-4-10)13-6-5-11(14)7-12(13)15/h5-7,9-10H,3-4,8,15H2,1-2H3. The van der Waals surface area contributed by atoms with Gasteiger partial charge in [-0.15, -0.1) is 0 Å². The first-order valence-electron chi connectivity index (χ1n) is 5.89. The fourth-order valence-electron chi connectivity index (χ4n) is 1.95. The molecule has 3 heteroatoms. The first-order valence-corrected chi connectivity index (χ1v) is 6.97. The summed E-state index contributed by atoms with van der Waals surface area (Å²) < 4.78 is 1.20. The Morgan fingerprint density at radius 3 is 2.62 bits per heavy atom. The Kier molecular flexibility index (Phi) is 3.62. The van der Waals surface area contributed by atoms with Gasteiger partial charge in [0.15, 0.2) is 0 Å². The van der Waals surface area contributed by atoms with Crippen LogP contribution in [0.15, 0.2) is 18.2 Å². The average molecular weight is 330 g/mol. The van der Waals surface area contributed by atoms with Gasteiger partial charge < -0.3 is 10.6 Å². The average Bonchev–Trinajstić information content (AvgIpc) is 2.98. The van der Waals surface area contributed by atoms with Gasteiger partial charge in [-0.1, -0.05) is 0 Å². The Morgan fingerprint density at radius 2 is 2.12 bits per heavy atom. The van der Waals surface area contributed by atoms with E-state index in [1.807, 2.05) is 0 Å². The summed E-state index contributed by atoms with van der Waals surface area (Å²) in [5, 5.41) is 0. The van der Waals surface area contributed by atoms with Crippen LogP contribution in [-0.2, 0) is 0 Å². The lowest BCUT2D eigenvalue weighted by Crippen LogP contribution is -2.33. The zero-order valence-corrected chi connectivity index (χ0v) is 12.1. The van der Waals surface area contributed by atoms with E-state index in [2.05, 4.69) is 59.5 Å². The molecule has 0 heterocycles. The topological polar surface area (TPSA) is 29.3 Å². The van der Waals surface area contributed by atoms with E-state index in [0.717, 1.165) is 18.2 Å². The third kappa shape index (κ3) is 2.81. The molecule has 1 saturated carbocycles. The molecule has 1 fully saturated rings. The van der Waals surface area contributed by atoms with Crippen LogP contribution in [0.4, 0.5) is 11.4 Å². The molecule has 1 aliphatic rings. The molecule has 0 radical (unpaired) electrons. The van der Waals surface area contributed by atoms with Crippen molar-refractivity contribution in [3.8, 4) is 0 Å². The van der Waals surface area contributed by atoms with Crippen molar-refractivity contribution in [2.45, 2.75) is 32.7 Å². The van der Waals surface area contributed by atoms with Crippen LogP contribution < -0.4 is 10.6 Å². The third-order valence-corrected chi connectivity index (χ3v) is 3.75. The predicted octanol–water partition coefficient (Wildman–Crippen LogP) is 3.50. The van der Waals surface area contributed by atoms with Crippen LogP contribution in [0.5, 0.6) is 0 Å². The molecule has 0 bridgehead atoms. The minimum Gasteiger partial charge on any atom is -0.397 e. The third-order valence-electron chi connectivity index (χ3n) is 3.07. The molecule has 1 aromatic carbocycles. The molecule has 16 heavy (non-hydrogen) atoms. The maximum absolute atomic E-state index is 6.11. The number of nitrogens with two attached hydrogens (primary N) is 1. The number of benzene rings is 1. The van der Waals surface area contributed by atoms with Crippen LogP contribution in [0.2, 0.25) is 0 Å². The molecule has 1 aliphatic carbocycles. The molecule has 0 spiro atoms. The van der Waals surface area contributed by atoms with E-state index in [4.69, 9.17) is 5.73 Å². The number of nitrogen functional groups attached to an aromatic ring is 1. The fraction of sp³-hybridized carbons (Fsp3) is 0.538. The van der Waals surface area contributed by atoms with E-state index in [-0.39, 0.29) is 0 Å². The second kappa shape index (κ2) is 4.82. The quantitative estimate of drug-likeness (QED) is 0.676. The molecule has 2 nitrogen and oxygen atoms in total. The van der Waals surface area contributed by atoms with E-state index in [1.165, 1.54) is 22.1 Å². The minimum atomic E-state index is 0.517. The zero-order valence-electron chi connectivity index (χ0n) is 9.91. The van der Waals surface area contributed by atoms with Gasteiger partial charge in [0.05, 0.1) is 11.4 Å². The molecule has 0 unspecified atom stereocenters. The second-order valence-electron chi connectivity index (χ2n) is 4.89. The summed E-state index contributed by atoms with van der Waals surface area (Å²) in [5.41, 5.74) is 8.21. The number of rotatable bonds is 4. The number of hydrogen-bond donors (Lipinski definition) is 1. The van der Waals surface area contributed by atoms with E-state index >= 15 is 0 Å². The van der Waals surface area contributed by atoms with Crippen molar-refractivity contribution in [3.05, 3.63) is 21.8 Å². The molecule has 0 aliphatic heterocycles. The zero-order chi connectivity index (χ0) is 11.7. The summed E-state index contributed by atoms with van der Waals surface area (Å²) in [6, 6.07) is 6.86. The van der Waals surface area contributed by atoms with Crippen molar-refractivity contribution in [3.63, 3.8) is 0 Å². The van der Waals surface area contributed by atoms with E-state index in [9.17, 15) is 0 Å². The molecule has 0 aromatic heterocycles. The van der Waals surface area contributed by atoms with Crippen LogP contribution in [0.3, 0.4) is 0 Å². The number of anilines is 2. The number of hydrogen-bond acceptors (Lipinski definition) is 2. The monoisotopic (exact) mass is 330 g/mol. The Bertz CT molecular complexity index is 372. The van der Waals surface area contributed by atoms with Crippen molar-refractivity contribution >= 4 is 34.0 Å². The summed E-state index contributed by atoms with van der Waals surface area (Å²) in [6.45, 7) is 5.63. The van der Waals surface area contributed by atoms with Crippen molar-refractivity contribution in [2.24, 2.45) is 5.92 Å². The minimum absolute atomic E-state index is 0.517. The van der Waals surface area contributed by atoms with Gasteiger partial charge in [0.2, 0.25) is 0 Å².